The predicted octanol–water partition coefficient (Wildman–Crippen LogP) is 4.48. The van der Waals surface area contributed by atoms with E-state index in [4.69, 9.17) is 16.3 Å². The van der Waals surface area contributed by atoms with Crippen molar-refractivity contribution in [3.8, 4) is 5.75 Å². The first kappa shape index (κ1) is 23.2. The van der Waals surface area contributed by atoms with Crippen molar-refractivity contribution in [2.24, 2.45) is 5.92 Å². The first-order valence-electron chi connectivity index (χ1n) is 11.0. The van der Waals surface area contributed by atoms with E-state index in [1.54, 1.807) is 18.2 Å². The summed E-state index contributed by atoms with van der Waals surface area (Å²) in [5, 5.41) is 24.4. The van der Waals surface area contributed by atoms with Gasteiger partial charge < -0.3 is 19.8 Å². The van der Waals surface area contributed by atoms with Crippen LogP contribution in [0.4, 0.5) is 8.78 Å². The van der Waals surface area contributed by atoms with Crippen LogP contribution in [0.15, 0.2) is 66.9 Å². The van der Waals surface area contributed by atoms with Crippen molar-refractivity contribution in [1.82, 2.24) is 9.88 Å². The van der Waals surface area contributed by atoms with Gasteiger partial charge in [0.15, 0.2) is 11.2 Å². The van der Waals surface area contributed by atoms with Crippen molar-refractivity contribution in [2.75, 3.05) is 20.6 Å². The van der Waals surface area contributed by atoms with E-state index in [0.717, 1.165) is 5.56 Å². The van der Waals surface area contributed by atoms with E-state index in [-0.39, 0.29) is 17.0 Å². The molecule has 2 heterocycles. The Labute approximate surface area is 201 Å². The van der Waals surface area contributed by atoms with Crippen molar-refractivity contribution < 1.29 is 23.7 Å². The molecule has 2 aliphatic rings. The molecule has 8 heteroatoms. The lowest BCUT2D eigenvalue weighted by Crippen LogP contribution is -2.52. The molecule has 0 amide bonds. The van der Waals surface area contributed by atoms with E-state index in [0.29, 0.717) is 17.1 Å². The minimum atomic E-state index is -2.63. The maximum Gasteiger partial charge on any atom is 0.263 e. The second kappa shape index (κ2) is 8.27. The SMILES string of the molecule is CN(C)C[C@@H]1[C@@H](O)[C@@]2(O)c3ncc(Cl)cc3O[C@@]2(c2ccc(C(F)F)cc2)[C@@H]1c1ccccc1. The molecule has 0 radical (unpaired) electrons. The van der Waals surface area contributed by atoms with Crippen LogP contribution in [-0.4, -0.2) is 46.8 Å². The number of benzene rings is 2. The topological polar surface area (TPSA) is 65.8 Å². The number of ether oxygens (including phenoxy) is 1. The molecule has 178 valence electrons. The normalized spacial score (nSPS) is 29.9. The summed E-state index contributed by atoms with van der Waals surface area (Å²) < 4.78 is 33.2. The van der Waals surface area contributed by atoms with Gasteiger partial charge in [0.1, 0.15) is 11.4 Å². The Morgan fingerprint density at radius 1 is 1.12 bits per heavy atom. The van der Waals surface area contributed by atoms with Crippen LogP contribution in [-0.2, 0) is 11.2 Å². The summed E-state index contributed by atoms with van der Waals surface area (Å²) in [6.07, 6.45) is -2.49. The standard InChI is InChI=1S/C26H25ClF2N2O3/c1-31(2)14-19-21(15-6-4-3-5-7-15)26(17-10-8-16(9-11-17)24(28)29)25(33,23(19)32)22-20(34-26)12-18(27)13-30-22/h3-13,19,21,23-24,32-33H,14H2,1-2H3/t19-,21+,23+,25-,26-/m0/s1. The van der Waals surface area contributed by atoms with E-state index < -0.39 is 35.6 Å². The van der Waals surface area contributed by atoms with Crippen LogP contribution >= 0.6 is 11.6 Å². The Bertz CT molecular complexity index is 1190. The van der Waals surface area contributed by atoms with Gasteiger partial charge in [-0.05, 0) is 25.2 Å². The summed E-state index contributed by atoms with van der Waals surface area (Å²) in [5.41, 5.74) is -2.09. The summed E-state index contributed by atoms with van der Waals surface area (Å²) in [4.78, 5) is 6.32. The van der Waals surface area contributed by atoms with Gasteiger partial charge in [-0.1, -0.05) is 66.2 Å². The second-order valence-electron chi connectivity index (χ2n) is 9.29. The molecular formula is C26H25ClF2N2O3. The van der Waals surface area contributed by atoms with Crippen LogP contribution in [0, 0.1) is 5.92 Å². The first-order chi connectivity index (χ1) is 16.2. The Morgan fingerprint density at radius 2 is 1.79 bits per heavy atom. The van der Waals surface area contributed by atoms with Crippen molar-refractivity contribution in [3.05, 3.63) is 94.3 Å². The average molecular weight is 487 g/mol. The Kier molecular flexibility index (Phi) is 5.64. The molecule has 1 aromatic heterocycles. The number of aliphatic hydroxyl groups is 2. The fraction of sp³-hybridized carbons (Fsp3) is 0.346. The zero-order chi connectivity index (χ0) is 24.3. The van der Waals surface area contributed by atoms with Crippen molar-refractivity contribution in [1.29, 1.82) is 0 Å². The molecular weight excluding hydrogens is 462 g/mol. The Morgan fingerprint density at radius 3 is 2.41 bits per heavy atom. The van der Waals surface area contributed by atoms with Crippen LogP contribution in [0.3, 0.4) is 0 Å². The maximum atomic E-state index is 13.3. The Hall–Kier alpha value is -2.58. The third-order valence-electron chi connectivity index (χ3n) is 7.04. The third-order valence-corrected chi connectivity index (χ3v) is 7.25. The second-order valence-corrected chi connectivity index (χ2v) is 9.72. The highest BCUT2D eigenvalue weighted by Gasteiger charge is 2.76. The fourth-order valence-electron chi connectivity index (χ4n) is 5.77. The summed E-state index contributed by atoms with van der Waals surface area (Å²) in [7, 11) is 3.79. The molecule has 0 bridgehead atoms. The monoisotopic (exact) mass is 486 g/mol. The fourth-order valence-corrected chi connectivity index (χ4v) is 5.92. The summed E-state index contributed by atoms with van der Waals surface area (Å²) in [5.74, 6) is -0.722. The van der Waals surface area contributed by atoms with Gasteiger partial charge in [-0.15, -0.1) is 0 Å². The van der Waals surface area contributed by atoms with Gasteiger partial charge in [0.05, 0.1) is 11.1 Å². The van der Waals surface area contributed by atoms with Gasteiger partial charge in [-0.2, -0.15) is 0 Å². The number of hydrogen-bond donors (Lipinski definition) is 2. The molecule has 1 fully saturated rings. The predicted molar refractivity (Wildman–Crippen MR) is 124 cm³/mol. The Balaban J connectivity index is 1.81. The molecule has 2 aromatic carbocycles. The van der Waals surface area contributed by atoms with E-state index in [2.05, 4.69) is 4.98 Å². The van der Waals surface area contributed by atoms with E-state index in [1.165, 1.54) is 18.3 Å². The number of aromatic nitrogens is 1. The van der Waals surface area contributed by atoms with Gasteiger partial charge in [-0.25, -0.2) is 8.78 Å². The number of pyridine rings is 1. The minimum Gasteiger partial charge on any atom is -0.476 e. The van der Waals surface area contributed by atoms with Crippen LogP contribution in [0.2, 0.25) is 5.02 Å². The highest BCUT2D eigenvalue weighted by Crippen LogP contribution is 2.68. The smallest absolute Gasteiger partial charge is 0.263 e. The molecule has 5 rings (SSSR count). The highest BCUT2D eigenvalue weighted by molar-refractivity contribution is 6.30. The summed E-state index contributed by atoms with van der Waals surface area (Å²) in [6.45, 7) is 0.451. The third kappa shape index (κ3) is 3.18. The lowest BCUT2D eigenvalue weighted by Gasteiger charge is -2.40. The lowest BCUT2D eigenvalue weighted by atomic mass is 9.71. The molecule has 1 saturated carbocycles. The molecule has 0 saturated heterocycles. The number of alkyl halides is 2. The van der Waals surface area contributed by atoms with Crippen LogP contribution in [0.25, 0.3) is 0 Å². The van der Waals surface area contributed by atoms with Gasteiger partial charge in [0.25, 0.3) is 6.43 Å². The van der Waals surface area contributed by atoms with E-state index >= 15 is 0 Å². The van der Waals surface area contributed by atoms with Crippen LogP contribution in [0.1, 0.15) is 34.7 Å². The molecule has 5 atom stereocenters. The van der Waals surface area contributed by atoms with Gasteiger partial charge in [0.2, 0.25) is 0 Å². The quantitative estimate of drug-likeness (QED) is 0.556. The largest absolute Gasteiger partial charge is 0.476 e. The van der Waals surface area contributed by atoms with Gasteiger partial charge in [0, 0.05) is 36.2 Å². The number of rotatable bonds is 5. The molecule has 5 nitrogen and oxygen atoms in total. The molecule has 1 aliphatic carbocycles. The van der Waals surface area contributed by atoms with Crippen molar-refractivity contribution in [3.63, 3.8) is 0 Å². The van der Waals surface area contributed by atoms with Crippen LogP contribution < -0.4 is 4.74 Å². The molecule has 1 aliphatic heterocycles. The number of hydrogen-bond acceptors (Lipinski definition) is 5. The molecule has 2 N–H and O–H groups in total. The average Bonchev–Trinajstić information content (AvgIpc) is 3.17. The highest BCUT2D eigenvalue weighted by atomic mass is 35.5. The molecule has 3 aromatic rings. The van der Waals surface area contributed by atoms with E-state index in [9.17, 15) is 19.0 Å². The lowest BCUT2D eigenvalue weighted by molar-refractivity contribution is -0.153. The number of nitrogens with zero attached hydrogens (tertiary/aromatic N) is 2. The number of fused-ring (bicyclic) bond motifs is 3. The van der Waals surface area contributed by atoms with Crippen LogP contribution in [0.5, 0.6) is 5.75 Å². The minimum absolute atomic E-state index is 0.139. The molecule has 0 unspecified atom stereocenters. The van der Waals surface area contributed by atoms with Gasteiger partial charge in [-0.3, -0.25) is 4.98 Å². The zero-order valence-corrected chi connectivity index (χ0v) is 19.5. The first-order valence-corrected chi connectivity index (χ1v) is 11.4. The molecule has 0 spiro atoms. The zero-order valence-electron chi connectivity index (χ0n) is 18.7. The van der Waals surface area contributed by atoms with Crippen molar-refractivity contribution >= 4 is 11.6 Å². The number of halogens is 3. The van der Waals surface area contributed by atoms with Gasteiger partial charge >= 0.3 is 0 Å². The van der Waals surface area contributed by atoms with E-state index in [1.807, 2.05) is 49.3 Å². The maximum absolute atomic E-state index is 13.3. The molecule has 34 heavy (non-hydrogen) atoms. The summed E-state index contributed by atoms with van der Waals surface area (Å²) in [6, 6.07) is 16.8. The van der Waals surface area contributed by atoms with Crippen molar-refractivity contribution in [2.45, 2.75) is 29.6 Å². The number of aliphatic hydroxyl groups excluding tert-OH is 1. The summed E-state index contributed by atoms with van der Waals surface area (Å²) >= 11 is 6.18.